The van der Waals surface area contributed by atoms with Gasteiger partial charge in [-0.05, 0) is 37.3 Å². The molecular weight excluding hydrogens is 238 g/mol. The summed E-state index contributed by atoms with van der Waals surface area (Å²) in [7, 11) is 0. The molecule has 4 unspecified atom stereocenters. The van der Waals surface area contributed by atoms with E-state index in [1.807, 2.05) is 0 Å². The predicted molar refractivity (Wildman–Crippen MR) is 74.9 cm³/mol. The molecule has 0 radical (unpaired) electrons. The van der Waals surface area contributed by atoms with Gasteiger partial charge in [-0.15, -0.1) is 0 Å². The SMILES string of the molecule is CC1CC1c1ccc(CNC2CCCCCC2O)o1. The van der Waals surface area contributed by atoms with Gasteiger partial charge in [0.25, 0.3) is 0 Å². The largest absolute Gasteiger partial charge is 0.464 e. The Balaban J connectivity index is 1.52. The molecule has 4 atom stereocenters. The summed E-state index contributed by atoms with van der Waals surface area (Å²) in [5, 5.41) is 13.5. The smallest absolute Gasteiger partial charge is 0.117 e. The summed E-state index contributed by atoms with van der Waals surface area (Å²) in [5.41, 5.74) is 0. The number of aliphatic hydroxyl groups is 1. The van der Waals surface area contributed by atoms with E-state index in [1.54, 1.807) is 0 Å². The Morgan fingerprint density at radius 2 is 2.05 bits per heavy atom. The number of nitrogens with one attached hydrogen (secondary N) is 1. The monoisotopic (exact) mass is 263 g/mol. The zero-order valence-corrected chi connectivity index (χ0v) is 11.8. The summed E-state index contributed by atoms with van der Waals surface area (Å²) >= 11 is 0. The van der Waals surface area contributed by atoms with Gasteiger partial charge in [0.05, 0.1) is 12.6 Å². The van der Waals surface area contributed by atoms with Crippen molar-refractivity contribution in [2.24, 2.45) is 5.92 Å². The van der Waals surface area contributed by atoms with Crippen LogP contribution in [-0.2, 0) is 6.54 Å². The molecule has 3 rings (SSSR count). The van der Waals surface area contributed by atoms with Crippen LogP contribution in [-0.4, -0.2) is 17.3 Å². The topological polar surface area (TPSA) is 45.4 Å². The molecule has 1 aromatic rings. The van der Waals surface area contributed by atoms with Gasteiger partial charge in [-0.3, -0.25) is 0 Å². The minimum atomic E-state index is -0.194. The quantitative estimate of drug-likeness (QED) is 0.820. The summed E-state index contributed by atoms with van der Waals surface area (Å²) < 4.78 is 5.89. The summed E-state index contributed by atoms with van der Waals surface area (Å²) in [5.74, 6) is 3.59. The maximum absolute atomic E-state index is 10.1. The number of hydrogen-bond acceptors (Lipinski definition) is 3. The van der Waals surface area contributed by atoms with Crippen molar-refractivity contribution in [3.05, 3.63) is 23.7 Å². The van der Waals surface area contributed by atoms with Gasteiger partial charge in [0.2, 0.25) is 0 Å². The second-order valence-corrected chi connectivity index (χ2v) is 6.32. The molecule has 0 amide bonds. The number of hydrogen-bond donors (Lipinski definition) is 2. The Kier molecular flexibility index (Phi) is 3.94. The fourth-order valence-corrected chi connectivity index (χ4v) is 3.17. The molecule has 2 saturated carbocycles. The molecule has 3 heteroatoms. The van der Waals surface area contributed by atoms with Crippen LogP contribution in [0.5, 0.6) is 0 Å². The first-order valence-corrected chi connectivity index (χ1v) is 7.74. The molecule has 1 heterocycles. The molecule has 19 heavy (non-hydrogen) atoms. The van der Waals surface area contributed by atoms with E-state index in [0.717, 1.165) is 43.2 Å². The van der Waals surface area contributed by atoms with E-state index in [0.29, 0.717) is 5.92 Å². The average Bonchev–Trinajstić information content (AvgIpc) is 3.00. The van der Waals surface area contributed by atoms with Gasteiger partial charge in [-0.2, -0.15) is 0 Å². The van der Waals surface area contributed by atoms with Crippen molar-refractivity contribution in [3.8, 4) is 0 Å². The Hall–Kier alpha value is -0.800. The maximum atomic E-state index is 10.1. The van der Waals surface area contributed by atoms with Gasteiger partial charge in [0, 0.05) is 12.0 Å². The third-order valence-electron chi connectivity index (χ3n) is 4.68. The van der Waals surface area contributed by atoms with Crippen molar-refractivity contribution in [3.63, 3.8) is 0 Å². The first-order chi connectivity index (χ1) is 9.24. The molecular formula is C16H25NO2. The zero-order chi connectivity index (χ0) is 13.2. The van der Waals surface area contributed by atoms with Crippen LogP contribution in [0.15, 0.2) is 16.5 Å². The highest BCUT2D eigenvalue weighted by molar-refractivity contribution is 5.17. The lowest BCUT2D eigenvalue weighted by Gasteiger charge is -2.21. The first-order valence-electron chi connectivity index (χ1n) is 7.74. The lowest BCUT2D eigenvalue weighted by Crippen LogP contribution is -2.38. The summed E-state index contributed by atoms with van der Waals surface area (Å²) in [4.78, 5) is 0. The predicted octanol–water partition coefficient (Wildman–Crippen LogP) is 3.19. The van der Waals surface area contributed by atoms with E-state index in [1.165, 1.54) is 19.3 Å². The third kappa shape index (κ3) is 3.21. The number of aliphatic hydroxyl groups excluding tert-OH is 1. The van der Waals surface area contributed by atoms with Crippen LogP contribution in [0.25, 0.3) is 0 Å². The maximum Gasteiger partial charge on any atom is 0.117 e. The number of furan rings is 1. The third-order valence-corrected chi connectivity index (χ3v) is 4.68. The minimum Gasteiger partial charge on any atom is -0.464 e. The molecule has 2 aliphatic rings. The van der Waals surface area contributed by atoms with Crippen LogP contribution in [0.2, 0.25) is 0 Å². The van der Waals surface area contributed by atoms with Crippen molar-refractivity contribution in [2.45, 2.75) is 70.1 Å². The molecule has 106 valence electrons. The van der Waals surface area contributed by atoms with Crippen LogP contribution in [0.1, 0.15) is 62.9 Å². The summed E-state index contributed by atoms with van der Waals surface area (Å²) in [6.45, 7) is 3.01. The van der Waals surface area contributed by atoms with Crippen molar-refractivity contribution in [1.82, 2.24) is 5.32 Å². The van der Waals surface area contributed by atoms with Crippen LogP contribution in [0.4, 0.5) is 0 Å². The van der Waals surface area contributed by atoms with Crippen LogP contribution in [0.3, 0.4) is 0 Å². The molecule has 2 fully saturated rings. The molecule has 0 bridgehead atoms. The van der Waals surface area contributed by atoms with Crippen molar-refractivity contribution < 1.29 is 9.52 Å². The van der Waals surface area contributed by atoms with Crippen LogP contribution < -0.4 is 5.32 Å². The van der Waals surface area contributed by atoms with E-state index < -0.39 is 0 Å². The number of rotatable bonds is 4. The fourth-order valence-electron chi connectivity index (χ4n) is 3.17. The van der Waals surface area contributed by atoms with Crippen LogP contribution >= 0.6 is 0 Å². The van der Waals surface area contributed by atoms with Crippen molar-refractivity contribution in [2.75, 3.05) is 0 Å². The molecule has 0 saturated heterocycles. The van der Waals surface area contributed by atoms with Gasteiger partial charge < -0.3 is 14.8 Å². The molecule has 0 spiro atoms. The summed E-state index contributed by atoms with van der Waals surface area (Å²) in [6, 6.07) is 4.43. The van der Waals surface area contributed by atoms with Crippen LogP contribution in [0, 0.1) is 5.92 Å². The van der Waals surface area contributed by atoms with E-state index >= 15 is 0 Å². The summed E-state index contributed by atoms with van der Waals surface area (Å²) in [6.07, 6.45) is 6.71. The van der Waals surface area contributed by atoms with E-state index in [4.69, 9.17) is 4.42 Å². The Morgan fingerprint density at radius 3 is 2.84 bits per heavy atom. The van der Waals surface area contributed by atoms with Crippen molar-refractivity contribution >= 4 is 0 Å². The van der Waals surface area contributed by atoms with E-state index in [-0.39, 0.29) is 12.1 Å². The fraction of sp³-hybridized carbons (Fsp3) is 0.750. The molecule has 2 N–H and O–H groups in total. The highest BCUT2D eigenvalue weighted by atomic mass is 16.3. The lowest BCUT2D eigenvalue weighted by molar-refractivity contribution is 0.118. The molecule has 0 aromatic carbocycles. The highest BCUT2D eigenvalue weighted by Gasteiger charge is 2.36. The Bertz CT molecular complexity index is 415. The molecule has 3 nitrogen and oxygen atoms in total. The first kappa shape index (κ1) is 13.2. The average molecular weight is 263 g/mol. The van der Waals surface area contributed by atoms with Gasteiger partial charge in [0.15, 0.2) is 0 Å². The van der Waals surface area contributed by atoms with Gasteiger partial charge in [-0.1, -0.05) is 26.2 Å². The molecule has 0 aliphatic heterocycles. The molecule has 1 aromatic heterocycles. The van der Waals surface area contributed by atoms with Gasteiger partial charge >= 0.3 is 0 Å². The lowest BCUT2D eigenvalue weighted by atomic mass is 10.1. The molecule has 2 aliphatic carbocycles. The van der Waals surface area contributed by atoms with Crippen molar-refractivity contribution in [1.29, 1.82) is 0 Å². The standard InChI is InChI=1S/C16H25NO2/c1-11-9-13(11)16-8-7-12(19-16)10-17-14-5-3-2-4-6-15(14)18/h7-8,11,13-15,17-18H,2-6,9-10H2,1H3. The zero-order valence-electron chi connectivity index (χ0n) is 11.8. The second-order valence-electron chi connectivity index (χ2n) is 6.32. The second kappa shape index (κ2) is 5.68. The van der Waals surface area contributed by atoms with Gasteiger partial charge in [0.1, 0.15) is 11.5 Å². The Labute approximate surface area is 115 Å². The highest BCUT2D eigenvalue weighted by Crippen LogP contribution is 2.47. The Morgan fingerprint density at radius 1 is 1.26 bits per heavy atom. The normalized spacial score (nSPS) is 35.1. The van der Waals surface area contributed by atoms with E-state index in [2.05, 4.69) is 24.4 Å². The van der Waals surface area contributed by atoms with Gasteiger partial charge in [-0.25, -0.2) is 0 Å². The minimum absolute atomic E-state index is 0.194. The van der Waals surface area contributed by atoms with E-state index in [9.17, 15) is 5.11 Å².